The zero-order valence-corrected chi connectivity index (χ0v) is 29.4. The van der Waals surface area contributed by atoms with E-state index in [1.807, 2.05) is 42.8 Å². The minimum Gasteiger partial charge on any atom is -0.492 e. The third-order valence-corrected chi connectivity index (χ3v) is 10.4. The molecule has 5 aromatic rings. The lowest BCUT2D eigenvalue weighted by atomic mass is 9.94. The molecular weight excluding hydrogens is 680 g/mol. The fourth-order valence-electron chi connectivity index (χ4n) is 6.72. The molecule has 9 nitrogen and oxygen atoms in total. The van der Waals surface area contributed by atoms with E-state index < -0.39 is 17.5 Å². The van der Waals surface area contributed by atoms with Crippen LogP contribution in [0.4, 0.5) is 13.2 Å². The summed E-state index contributed by atoms with van der Waals surface area (Å²) in [6.07, 6.45) is 2.49. The molecule has 2 aliphatic heterocycles. The van der Waals surface area contributed by atoms with Crippen molar-refractivity contribution in [1.29, 1.82) is 0 Å². The summed E-state index contributed by atoms with van der Waals surface area (Å²) in [6, 6.07) is 10.4. The number of likely N-dealkylation sites (tertiary alicyclic amines) is 1. The molecule has 0 N–H and O–H groups in total. The van der Waals surface area contributed by atoms with Gasteiger partial charge < -0.3 is 19.1 Å². The number of hydrogen-bond acceptors (Lipinski definition) is 8. The van der Waals surface area contributed by atoms with Crippen molar-refractivity contribution in [2.24, 2.45) is 0 Å². The number of nitrogens with zero attached hydrogens (tertiary/aromatic N) is 5. The molecule has 5 heterocycles. The summed E-state index contributed by atoms with van der Waals surface area (Å²) in [4.78, 5) is 21.9. The van der Waals surface area contributed by atoms with E-state index >= 15 is 8.78 Å². The van der Waals surface area contributed by atoms with Crippen LogP contribution in [0.15, 0.2) is 60.5 Å². The van der Waals surface area contributed by atoms with E-state index in [0.29, 0.717) is 40.6 Å². The summed E-state index contributed by atoms with van der Waals surface area (Å²) in [7, 11) is 1.49. The number of carbonyl (C=O) groups is 1. The van der Waals surface area contributed by atoms with Gasteiger partial charge in [0, 0.05) is 54.2 Å². The topological polar surface area (TPSA) is 82.0 Å². The van der Waals surface area contributed by atoms with Gasteiger partial charge in [-0.25, -0.2) is 18.2 Å². The van der Waals surface area contributed by atoms with Gasteiger partial charge in [-0.2, -0.15) is 5.10 Å². The number of thiophene rings is 1. The monoisotopic (exact) mass is 717 g/mol. The second-order valence-corrected chi connectivity index (χ2v) is 13.6. The van der Waals surface area contributed by atoms with Crippen LogP contribution in [0.2, 0.25) is 0 Å². The van der Waals surface area contributed by atoms with Crippen LogP contribution in [0, 0.1) is 17.5 Å². The molecular formula is C38H38F3N5O4S. The molecule has 266 valence electrons. The highest BCUT2D eigenvalue weighted by Gasteiger charge is 2.34. The molecule has 13 heteroatoms. The Morgan fingerprint density at radius 1 is 1.00 bits per heavy atom. The number of fused-ring (bicyclic) bond motifs is 2. The van der Waals surface area contributed by atoms with E-state index in [-0.39, 0.29) is 59.2 Å². The van der Waals surface area contributed by atoms with Crippen LogP contribution in [0.5, 0.6) is 11.5 Å². The number of pyridine rings is 1. The van der Waals surface area contributed by atoms with Gasteiger partial charge in [-0.05, 0) is 69.8 Å². The Labute approximate surface area is 297 Å². The number of carbonyl (C=O) groups excluding carboxylic acids is 1. The van der Waals surface area contributed by atoms with Gasteiger partial charge in [0.05, 0.1) is 40.3 Å². The number of methoxy groups -OCH3 is 1. The Hall–Kier alpha value is -4.72. The third-order valence-electron chi connectivity index (χ3n) is 9.48. The zero-order valence-electron chi connectivity index (χ0n) is 28.6. The van der Waals surface area contributed by atoms with Crippen LogP contribution < -0.4 is 9.47 Å². The van der Waals surface area contributed by atoms with Crippen LogP contribution in [0.25, 0.3) is 43.9 Å². The van der Waals surface area contributed by atoms with Crippen molar-refractivity contribution in [3.63, 3.8) is 0 Å². The number of hydrogen-bond donors (Lipinski definition) is 0. The lowest BCUT2D eigenvalue weighted by molar-refractivity contribution is -0.129. The summed E-state index contributed by atoms with van der Waals surface area (Å²) in [5, 5.41) is 6.39. The highest BCUT2D eigenvalue weighted by atomic mass is 32.1. The lowest BCUT2D eigenvalue weighted by Gasteiger charge is -2.36. The minimum absolute atomic E-state index is 0.00404. The van der Waals surface area contributed by atoms with Gasteiger partial charge >= 0.3 is 0 Å². The first-order valence-corrected chi connectivity index (χ1v) is 17.8. The van der Waals surface area contributed by atoms with Gasteiger partial charge in [0.1, 0.15) is 53.6 Å². The lowest BCUT2D eigenvalue weighted by Crippen LogP contribution is -2.42. The molecule has 1 amide bonds. The van der Waals surface area contributed by atoms with E-state index in [1.165, 1.54) is 25.0 Å². The zero-order chi connectivity index (χ0) is 35.8. The molecule has 0 radical (unpaired) electrons. The van der Waals surface area contributed by atoms with E-state index in [2.05, 4.69) is 11.5 Å². The molecule has 2 aromatic carbocycles. The van der Waals surface area contributed by atoms with Crippen LogP contribution in [0.3, 0.4) is 0 Å². The molecule has 0 bridgehead atoms. The van der Waals surface area contributed by atoms with Gasteiger partial charge in [-0.1, -0.05) is 6.58 Å². The average Bonchev–Trinajstić information content (AvgIpc) is 3.72. The van der Waals surface area contributed by atoms with E-state index in [1.54, 1.807) is 11.0 Å². The first kappa shape index (κ1) is 34.7. The maximum absolute atomic E-state index is 16.2. The van der Waals surface area contributed by atoms with Crippen LogP contribution in [-0.4, -0.2) is 83.6 Å². The SMILES string of the molecule is C=CC(=O)N1C[C@H](C)n2nc(-c3nc(-c4ccc(OCCN5CCC5)cc4)c4scc(F)c4c3-c3c(F)cc(F)cc3OCCOC)cc2[C@H]1C. The Bertz CT molecular complexity index is 2100. The average molecular weight is 718 g/mol. The minimum atomic E-state index is -0.946. The van der Waals surface area contributed by atoms with Crippen molar-refractivity contribution in [3.8, 4) is 45.3 Å². The van der Waals surface area contributed by atoms with Crippen molar-refractivity contribution >= 4 is 27.3 Å². The number of rotatable bonds is 12. The van der Waals surface area contributed by atoms with Crippen molar-refractivity contribution < 1.29 is 32.2 Å². The number of benzene rings is 2. The van der Waals surface area contributed by atoms with Gasteiger partial charge in [0.15, 0.2) is 0 Å². The summed E-state index contributed by atoms with van der Waals surface area (Å²) in [6.45, 7) is 11.6. The Kier molecular flexibility index (Phi) is 9.86. The molecule has 1 saturated heterocycles. The van der Waals surface area contributed by atoms with E-state index in [4.69, 9.17) is 24.3 Å². The predicted octanol–water partition coefficient (Wildman–Crippen LogP) is 7.67. The predicted molar refractivity (Wildman–Crippen MR) is 191 cm³/mol. The maximum Gasteiger partial charge on any atom is 0.246 e. The normalized spacial score (nSPS) is 17.3. The standard InChI is InChI=1S/C38H38F3N5O4S/c1-5-32(47)45-20-22(2)46-30(23(45)3)19-29(43-46)37-35(33-27(40)17-25(39)18-31(33)50-16-15-48-4)34-28(41)21-51-38(34)36(42-37)24-7-9-26(10-8-24)49-14-13-44-11-6-12-44/h5,7-10,17-19,21-23H,1,6,11-16,20H2,2-4H3/t22-,23+/m0/s1. The smallest absolute Gasteiger partial charge is 0.246 e. The summed E-state index contributed by atoms with van der Waals surface area (Å²) in [5.41, 5.74) is 2.31. The fourth-order valence-corrected chi connectivity index (χ4v) is 7.65. The van der Waals surface area contributed by atoms with Gasteiger partial charge in [-0.15, -0.1) is 11.3 Å². The third kappa shape index (κ3) is 6.61. The number of aromatic nitrogens is 3. The van der Waals surface area contributed by atoms with Gasteiger partial charge in [0.25, 0.3) is 0 Å². The molecule has 0 saturated carbocycles. The second-order valence-electron chi connectivity index (χ2n) is 12.8. The molecule has 2 atom stereocenters. The molecule has 0 spiro atoms. The fraction of sp³-hybridized carbons (Fsp3) is 0.342. The summed E-state index contributed by atoms with van der Waals surface area (Å²) >= 11 is 1.14. The Balaban J connectivity index is 1.42. The number of amides is 1. The molecule has 51 heavy (non-hydrogen) atoms. The Morgan fingerprint density at radius 2 is 1.78 bits per heavy atom. The van der Waals surface area contributed by atoms with Crippen LogP contribution in [-0.2, 0) is 9.53 Å². The largest absolute Gasteiger partial charge is 0.492 e. The highest BCUT2D eigenvalue weighted by molar-refractivity contribution is 7.17. The molecule has 7 rings (SSSR count). The second kappa shape index (κ2) is 14.5. The maximum atomic E-state index is 16.2. The summed E-state index contributed by atoms with van der Waals surface area (Å²) in [5.74, 6) is -2.04. The number of halogens is 3. The first-order chi connectivity index (χ1) is 24.7. The first-order valence-electron chi connectivity index (χ1n) is 16.9. The van der Waals surface area contributed by atoms with Crippen LogP contribution in [0.1, 0.15) is 38.0 Å². The molecule has 1 fully saturated rings. The molecule has 3 aromatic heterocycles. The van der Waals surface area contributed by atoms with Crippen LogP contribution >= 0.6 is 11.3 Å². The van der Waals surface area contributed by atoms with Crippen molar-refractivity contribution in [1.82, 2.24) is 24.6 Å². The number of ether oxygens (including phenoxy) is 3. The van der Waals surface area contributed by atoms with Crippen molar-refractivity contribution in [2.45, 2.75) is 32.4 Å². The molecule has 0 aliphatic carbocycles. The highest BCUT2D eigenvalue weighted by Crippen LogP contribution is 2.48. The quantitative estimate of drug-likeness (QED) is 0.0968. The molecule has 2 aliphatic rings. The molecule has 0 unspecified atom stereocenters. The Morgan fingerprint density at radius 3 is 2.49 bits per heavy atom. The van der Waals surface area contributed by atoms with E-state index in [0.717, 1.165) is 48.8 Å². The van der Waals surface area contributed by atoms with Gasteiger partial charge in [-0.3, -0.25) is 14.4 Å². The van der Waals surface area contributed by atoms with Crippen molar-refractivity contribution in [3.05, 3.63) is 83.6 Å². The van der Waals surface area contributed by atoms with Crippen molar-refractivity contribution in [2.75, 3.05) is 53.1 Å². The summed E-state index contributed by atoms with van der Waals surface area (Å²) < 4.78 is 66.3. The van der Waals surface area contributed by atoms with E-state index in [9.17, 15) is 9.18 Å². The van der Waals surface area contributed by atoms with Gasteiger partial charge in [0.2, 0.25) is 5.91 Å².